The van der Waals surface area contributed by atoms with Crippen LogP contribution in [0.5, 0.6) is 0 Å². The van der Waals surface area contributed by atoms with Gasteiger partial charge in [-0.3, -0.25) is 14.8 Å². The molecule has 14 heteroatoms. The molecule has 0 aliphatic rings. The number of unbranched alkanes of at least 4 members (excludes halogenated alkanes) is 28. The molecule has 0 saturated heterocycles. The summed E-state index contributed by atoms with van der Waals surface area (Å²) in [4.78, 5) is 52.1. The van der Waals surface area contributed by atoms with Crippen molar-refractivity contribution in [1.82, 2.24) is 9.80 Å². The van der Waals surface area contributed by atoms with Crippen LogP contribution in [0.2, 0.25) is 0 Å². The Morgan fingerprint density at radius 2 is 0.857 bits per heavy atom. The van der Waals surface area contributed by atoms with Crippen molar-refractivity contribution in [2.45, 2.75) is 297 Å². The molecule has 0 amide bonds. The zero-order valence-corrected chi connectivity index (χ0v) is 55.0. The van der Waals surface area contributed by atoms with Crippen molar-refractivity contribution in [3.05, 3.63) is 0 Å². The third-order valence-corrected chi connectivity index (χ3v) is 13.7. The molecule has 0 heterocycles. The number of carbonyl (C=O) groups excluding carboxylic acids is 4. The van der Waals surface area contributed by atoms with Crippen molar-refractivity contribution in [3.63, 3.8) is 0 Å². The standard InChI is InChI=1S/C25H48O3.C18H38O.C13H24O5.C7H18N2O2.Y/c1-3-5-7-9-12-16-20-24(21-17-13-10-8-6-4-2)28-25(27)22-18-14-11-15-19-23-26;1-4-6-8-10-12-14-16-18(19-3)17-15-13-11-9-7-5-2;1-17-10-12(9-15)11-18-13(16)7-5-3-2-4-6-8-14;1-8(2)4-5-9(3)6-7-11-10;/h23-24H,3-22H2,1-2H3;18H,4-17H2,1-3H3;8,12,15H,2-7,9-11H2,1H3;10H,4-7H2,1-3H3;. The molecule has 0 bridgehead atoms. The second-order valence-electron chi connectivity index (χ2n) is 21.6. The fourth-order valence-electron chi connectivity index (χ4n) is 8.55. The van der Waals surface area contributed by atoms with Crippen molar-refractivity contribution in [2.75, 3.05) is 81.4 Å². The zero-order chi connectivity index (χ0) is 57.2. The minimum atomic E-state index is -0.236. The molecule has 0 aromatic carbocycles. The fourth-order valence-corrected chi connectivity index (χ4v) is 8.55. The Hall–Kier alpha value is -0.896. The van der Waals surface area contributed by atoms with Crippen LogP contribution in [0, 0.1) is 5.92 Å². The van der Waals surface area contributed by atoms with Gasteiger partial charge in [0.15, 0.2) is 0 Å². The van der Waals surface area contributed by atoms with E-state index in [1.54, 1.807) is 7.11 Å². The summed E-state index contributed by atoms with van der Waals surface area (Å²) in [6.45, 7) is 12.8. The van der Waals surface area contributed by atoms with E-state index in [1.165, 1.54) is 167 Å². The smallest absolute Gasteiger partial charge is 0.306 e. The Kier molecular flexibility index (Phi) is 82.8. The van der Waals surface area contributed by atoms with Gasteiger partial charge in [-0.25, -0.2) is 4.89 Å². The van der Waals surface area contributed by atoms with Crippen LogP contribution in [0.4, 0.5) is 0 Å². The van der Waals surface area contributed by atoms with Gasteiger partial charge in [0.1, 0.15) is 18.7 Å². The van der Waals surface area contributed by atoms with E-state index < -0.39 is 0 Å². The van der Waals surface area contributed by atoms with E-state index in [9.17, 15) is 19.2 Å². The molecule has 1 unspecified atom stereocenters. The summed E-state index contributed by atoms with van der Waals surface area (Å²) in [6, 6.07) is 0. The van der Waals surface area contributed by atoms with Crippen molar-refractivity contribution in [1.29, 1.82) is 0 Å². The number of hydrogen-bond donors (Lipinski definition) is 2. The Labute approximate surface area is 501 Å². The fraction of sp³-hybridized carbons (Fsp3) is 0.937. The number of methoxy groups -OCH3 is 2. The number of aliphatic hydroxyl groups is 1. The molecule has 1 radical (unpaired) electrons. The van der Waals surface area contributed by atoms with Crippen LogP contribution in [-0.2, 0) is 75.7 Å². The number of hydrogen-bond acceptors (Lipinski definition) is 13. The molecule has 0 fully saturated rings. The predicted octanol–water partition coefficient (Wildman–Crippen LogP) is 15.7. The van der Waals surface area contributed by atoms with Crippen molar-refractivity contribution in [3.8, 4) is 0 Å². The number of aliphatic hydroxyl groups excluding tert-OH is 1. The van der Waals surface area contributed by atoms with Crippen molar-refractivity contribution < 1.29 is 86.1 Å². The average Bonchev–Trinajstić information content (AvgIpc) is 3.42. The number of ether oxygens (including phenoxy) is 4. The second-order valence-corrected chi connectivity index (χ2v) is 21.6. The second kappa shape index (κ2) is 75.1. The Bertz CT molecular complexity index is 1110. The van der Waals surface area contributed by atoms with Gasteiger partial charge in [-0.2, -0.15) is 0 Å². The van der Waals surface area contributed by atoms with Gasteiger partial charge in [-0.1, -0.05) is 195 Å². The summed E-state index contributed by atoms with van der Waals surface area (Å²) >= 11 is 0. The Morgan fingerprint density at radius 3 is 1.22 bits per heavy atom. The van der Waals surface area contributed by atoms with Crippen LogP contribution in [0.3, 0.4) is 0 Å². The number of rotatable bonds is 55. The molecule has 0 aliphatic heterocycles. The van der Waals surface area contributed by atoms with E-state index in [0.29, 0.717) is 45.0 Å². The van der Waals surface area contributed by atoms with Gasteiger partial charge < -0.3 is 43.4 Å². The number of likely N-dealkylation sites (N-methyl/N-ethyl adjacent to an activating group) is 2. The molecule has 459 valence electrons. The van der Waals surface area contributed by atoms with Gasteiger partial charge in [0.2, 0.25) is 0 Å². The van der Waals surface area contributed by atoms with Crippen molar-refractivity contribution >= 4 is 24.5 Å². The molecule has 0 spiro atoms. The molecule has 13 nitrogen and oxygen atoms in total. The zero-order valence-electron chi connectivity index (χ0n) is 52.2. The maximum absolute atomic E-state index is 12.2. The van der Waals surface area contributed by atoms with Crippen LogP contribution < -0.4 is 0 Å². The van der Waals surface area contributed by atoms with E-state index in [2.05, 4.69) is 42.4 Å². The Balaban J connectivity index is -0.000000312. The van der Waals surface area contributed by atoms with Crippen LogP contribution in [0.15, 0.2) is 0 Å². The van der Waals surface area contributed by atoms with E-state index in [0.717, 1.165) is 96.4 Å². The van der Waals surface area contributed by atoms with E-state index in [-0.39, 0.29) is 69.9 Å². The molecule has 0 saturated carbocycles. The van der Waals surface area contributed by atoms with Crippen LogP contribution >= 0.6 is 0 Å². The summed E-state index contributed by atoms with van der Waals surface area (Å²) in [5.41, 5.74) is 0. The third kappa shape index (κ3) is 77.2. The molecular formula is C63H128N2O11Y. The molecular weight excluding hydrogens is 1050 g/mol. The van der Waals surface area contributed by atoms with Gasteiger partial charge in [0.25, 0.3) is 0 Å². The first-order valence-corrected chi connectivity index (χ1v) is 31.4. The van der Waals surface area contributed by atoms with E-state index in [1.807, 2.05) is 28.3 Å². The van der Waals surface area contributed by atoms with Crippen LogP contribution in [0.1, 0.15) is 285 Å². The maximum Gasteiger partial charge on any atom is 0.306 e. The maximum atomic E-state index is 12.2. The molecule has 2 N–H and O–H groups in total. The quantitative estimate of drug-likeness (QED) is 0.0195. The molecule has 0 rings (SSSR count). The molecule has 0 aromatic heterocycles. The van der Waals surface area contributed by atoms with Crippen LogP contribution in [0.25, 0.3) is 0 Å². The summed E-state index contributed by atoms with van der Waals surface area (Å²) in [6.07, 6.45) is 48.9. The summed E-state index contributed by atoms with van der Waals surface area (Å²) in [7, 11) is 9.51. The van der Waals surface area contributed by atoms with E-state index in [4.69, 9.17) is 29.3 Å². The summed E-state index contributed by atoms with van der Waals surface area (Å²) in [5.74, 6) is -0.399. The van der Waals surface area contributed by atoms with Crippen LogP contribution in [-0.4, -0.2) is 138 Å². The normalized spacial score (nSPS) is 11.3. The topological polar surface area (TPSA) is 161 Å². The first-order valence-electron chi connectivity index (χ1n) is 31.4. The third-order valence-electron chi connectivity index (χ3n) is 13.7. The van der Waals surface area contributed by atoms with Crippen molar-refractivity contribution in [2.24, 2.45) is 5.92 Å². The van der Waals surface area contributed by atoms with Gasteiger partial charge in [0, 0.05) is 98.2 Å². The Morgan fingerprint density at radius 1 is 0.481 bits per heavy atom. The number of esters is 2. The number of carbonyl (C=O) groups is 4. The number of aldehydes is 2. The minimum absolute atomic E-state index is 0. The van der Waals surface area contributed by atoms with Gasteiger partial charge in [0.05, 0.1) is 32.5 Å². The number of nitrogens with zero attached hydrogens (tertiary/aromatic N) is 2. The first kappa shape index (κ1) is 84.9. The predicted molar refractivity (Wildman–Crippen MR) is 318 cm³/mol. The monoisotopic (exact) mass is 1180 g/mol. The SMILES string of the molecule is CCCCCCCCC(CCCCCCCC)OC.CCCCCCCCC(CCCCCCCC)OC(=O)CCCCCCC=O.CN(C)CCN(C)CCOO.COCC(CO)COC(=O)CCCCCCC=O.[Y]. The molecule has 1 atom stereocenters. The van der Waals surface area contributed by atoms with Gasteiger partial charge in [-0.05, 0) is 85.4 Å². The summed E-state index contributed by atoms with van der Waals surface area (Å²) < 4.78 is 21.4. The largest absolute Gasteiger partial charge is 0.465 e. The summed E-state index contributed by atoms with van der Waals surface area (Å²) in [5, 5.41) is 17.0. The molecule has 0 aromatic rings. The molecule has 0 aliphatic carbocycles. The van der Waals surface area contributed by atoms with Gasteiger partial charge >= 0.3 is 11.9 Å². The minimum Gasteiger partial charge on any atom is -0.465 e. The average molecular weight is 1180 g/mol. The molecule has 77 heavy (non-hydrogen) atoms. The first-order chi connectivity index (χ1) is 37.0. The van der Waals surface area contributed by atoms with Gasteiger partial charge in [-0.15, -0.1) is 0 Å². The van der Waals surface area contributed by atoms with E-state index >= 15 is 0 Å².